The van der Waals surface area contributed by atoms with E-state index in [1.807, 2.05) is 31.2 Å². The van der Waals surface area contributed by atoms with Gasteiger partial charge in [-0.15, -0.1) is 0 Å². The van der Waals surface area contributed by atoms with Gasteiger partial charge in [0, 0.05) is 41.1 Å². The van der Waals surface area contributed by atoms with Crippen LogP contribution in [0.2, 0.25) is 5.02 Å². The molecule has 0 bridgehead atoms. The van der Waals surface area contributed by atoms with Crippen molar-refractivity contribution in [2.45, 2.75) is 26.2 Å². The summed E-state index contributed by atoms with van der Waals surface area (Å²) in [5.74, 6) is 0.146. The number of amides is 1. The Kier molecular flexibility index (Phi) is 6.79. The molecule has 1 amide bonds. The Hall–Kier alpha value is -2.97. The number of hydrogen-bond acceptors (Lipinski definition) is 4. The lowest BCUT2D eigenvalue weighted by Gasteiger charge is -2.29. The topological polar surface area (TPSA) is 65.4 Å². The summed E-state index contributed by atoms with van der Waals surface area (Å²) in [7, 11) is 1.59. The number of anilines is 2. The fourth-order valence-electron chi connectivity index (χ4n) is 3.40. The normalized spacial score (nSPS) is 14.3. The van der Waals surface area contributed by atoms with Gasteiger partial charge in [-0.2, -0.15) is 5.26 Å². The predicted molar refractivity (Wildman–Crippen MR) is 117 cm³/mol. The molecule has 29 heavy (non-hydrogen) atoms. The van der Waals surface area contributed by atoms with Gasteiger partial charge < -0.3 is 15.0 Å². The van der Waals surface area contributed by atoms with Crippen molar-refractivity contribution in [1.82, 2.24) is 0 Å². The number of carbonyl (C=O) groups is 1. The summed E-state index contributed by atoms with van der Waals surface area (Å²) < 4.78 is 5.53. The number of hydrogen-bond donors (Lipinski definition) is 1. The van der Waals surface area contributed by atoms with Crippen molar-refractivity contribution in [3.05, 3.63) is 58.1 Å². The Balaban J connectivity index is 1.85. The average molecular weight is 410 g/mol. The summed E-state index contributed by atoms with van der Waals surface area (Å²) in [6.45, 7) is 3.88. The van der Waals surface area contributed by atoms with E-state index in [1.165, 1.54) is 19.3 Å². The first kappa shape index (κ1) is 20.8. The molecule has 0 radical (unpaired) electrons. The number of rotatable bonds is 5. The molecule has 0 atom stereocenters. The van der Waals surface area contributed by atoms with Crippen LogP contribution >= 0.6 is 11.6 Å². The molecule has 0 saturated carbocycles. The molecule has 3 rings (SSSR count). The van der Waals surface area contributed by atoms with E-state index < -0.39 is 5.91 Å². The van der Waals surface area contributed by atoms with Crippen LogP contribution in [0.25, 0.3) is 6.08 Å². The smallest absolute Gasteiger partial charge is 0.266 e. The predicted octanol–water partition coefficient (Wildman–Crippen LogP) is 5.19. The molecule has 1 N–H and O–H groups in total. The molecule has 6 heteroatoms. The van der Waals surface area contributed by atoms with E-state index in [1.54, 1.807) is 31.4 Å². The van der Waals surface area contributed by atoms with Crippen molar-refractivity contribution < 1.29 is 9.53 Å². The van der Waals surface area contributed by atoms with Crippen molar-refractivity contribution in [1.29, 1.82) is 5.26 Å². The number of halogens is 1. The van der Waals surface area contributed by atoms with Crippen LogP contribution in [0.4, 0.5) is 11.4 Å². The van der Waals surface area contributed by atoms with E-state index in [2.05, 4.69) is 10.2 Å². The van der Waals surface area contributed by atoms with E-state index in [4.69, 9.17) is 16.3 Å². The van der Waals surface area contributed by atoms with Crippen LogP contribution < -0.4 is 15.0 Å². The zero-order chi connectivity index (χ0) is 20.8. The first-order chi connectivity index (χ1) is 14.0. The summed E-state index contributed by atoms with van der Waals surface area (Å²) in [4.78, 5) is 15.0. The van der Waals surface area contributed by atoms with Crippen LogP contribution in [0.15, 0.2) is 42.0 Å². The molecule has 0 aromatic heterocycles. The zero-order valence-corrected chi connectivity index (χ0v) is 17.4. The maximum Gasteiger partial charge on any atom is 0.266 e. The van der Waals surface area contributed by atoms with Gasteiger partial charge in [0.25, 0.3) is 5.91 Å². The van der Waals surface area contributed by atoms with Crippen molar-refractivity contribution in [2.75, 3.05) is 30.4 Å². The van der Waals surface area contributed by atoms with Gasteiger partial charge in [-0.25, -0.2) is 0 Å². The SMILES string of the molecule is COc1cc(N2CCCCC2)ccc1C=C(C#N)C(=O)Nc1cccc(Cl)c1C. The molecule has 0 spiro atoms. The van der Waals surface area contributed by atoms with Gasteiger partial charge in [0.15, 0.2) is 0 Å². The molecule has 2 aromatic carbocycles. The summed E-state index contributed by atoms with van der Waals surface area (Å²) >= 11 is 6.11. The number of carbonyl (C=O) groups excluding carboxylic acids is 1. The molecule has 1 saturated heterocycles. The number of nitriles is 1. The molecular formula is C23H24ClN3O2. The van der Waals surface area contributed by atoms with Gasteiger partial charge in [0.1, 0.15) is 17.4 Å². The van der Waals surface area contributed by atoms with Gasteiger partial charge in [0.2, 0.25) is 0 Å². The number of ether oxygens (including phenoxy) is 1. The maximum atomic E-state index is 12.6. The standard InChI is InChI=1S/C23H24ClN3O2/c1-16-20(24)7-6-8-21(16)26-23(28)18(15-25)13-17-9-10-19(14-22(17)29-2)27-11-4-3-5-12-27/h6-10,13-14H,3-5,11-12H2,1-2H3,(H,26,28). The highest BCUT2D eigenvalue weighted by Crippen LogP contribution is 2.29. The second-order valence-corrected chi connectivity index (χ2v) is 7.42. The number of piperidine rings is 1. The number of benzene rings is 2. The highest BCUT2D eigenvalue weighted by molar-refractivity contribution is 6.31. The minimum Gasteiger partial charge on any atom is -0.496 e. The van der Waals surface area contributed by atoms with Crippen molar-refractivity contribution in [3.8, 4) is 11.8 Å². The van der Waals surface area contributed by atoms with Gasteiger partial charge in [-0.05, 0) is 62.1 Å². The van der Waals surface area contributed by atoms with Crippen molar-refractivity contribution >= 4 is 35.0 Å². The highest BCUT2D eigenvalue weighted by atomic mass is 35.5. The Morgan fingerprint density at radius 3 is 2.69 bits per heavy atom. The number of methoxy groups -OCH3 is 1. The summed E-state index contributed by atoms with van der Waals surface area (Å²) in [5, 5.41) is 12.8. The van der Waals surface area contributed by atoms with Crippen LogP contribution in [0.3, 0.4) is 0 Å². The lowest BCUT2D eigenvalue weighted by atomic mass is 10.1. The first-order valence-corrected chi connectivity index (χ1v) is 10.0. The summed E-state index contributed by atoms with van der Waals surface area (Å²) in [6.07, 6.45) is 5.19. The van der Waals surface area contributed by atoms with E-state index in [-0.39, 0.29) is 5.57 Å². The summed E-state index contributed by atoms with van der Waals surface area (Å²) in [5.41, 5.74) is 3.10. The monoisotopic (exact) mass is 409 g/mol. The molecule has 0 aliphatic carbocycles. The number of nitrogens with zero attached hydrogens (tertiary/aromatic N) is 2. The zero-order valence-electron chi connectivity index (χ0n) is 16.7. The lowest BCUT2D eigenvalue weighted by molar-refractivity contribution is -0.112. The molecule has 1 heterocycles. The van der Waals surface area contributed by atoms with Gasteiger partial charge >= 0.3 is 0 Å². The second kappa shape index (κ2) is 9.49. The minimum absolute atomic E-state index is 0.00611. The summed E-state index contributed by atoms with van der Waals surface area (Å²) in [6, 6.07) is 13.1. The van der Waals surface area contributed by atoms with Gasteiger partial charge in [-0.3, -0.25) is 4.79 Å². The molecule has 0 unspecified atom stereocenters. The van der Waals surface area contributed by atoms with Crippen molar-refractivity contribution in [2.24, 2.45) is 0 Å². The molecule has 2 aromatic rings. The Labute approximate surface area is 176 Å². The average Bonchev–Trinajstić information content (AvgIpc) is 2.75. The largest absolute Gasteiger partial charge is 0.496 e. The highest BCUT2D eigenvalue weighted by Gasteiger charge is 2.15. The van der Waals surface area contributed by atoms with Gasteiger partial charge in [0.05, 0.1) is 7.11 Å². The molecule has 1 aliphatic rings. The Bertz CT molecular complexity index is 973. The second-order valence-electron chi connectivity index (χ2n) is 7.01. The third kappa shape index (κ3) is 4.90. The third-order valence-electron chi connectivity index (χ3n) is 5.12. The first-order valence-electron chi connectivity index (χ1n) is 9.64. The minimum atomic E-state index is -0.486. The van der Waals surface area contributed by atoms with E-state index in [9.17, 15) is 10.1 Å². The Morgan fingerprint density at radius 1 is 1.24 bits per heavy atom. The lowest BCUT2D eigenvalue weighted by Crippen LogP contribution is -2.29. The fourth-order valence-corrected chi connectivity index (χ4v) is 3.58. The van der Waals surface area contributed by atoms with E-state index >= 15 is 0 Å². The van der Waals surface area contributed by atoms with Gasteiger partial charge in [-0.1, -0.05) is 17.7 Å². The van der Waals surface area contributed by atoms with Crippen LogP contribution in [-0.2, 0) is 4.79 Å². The van der Waals surface area contributed by atoms with Crippen molar-refractivity contribution in [3.63, 3.8) is 0 Å². The van der Waals surface area contributed by atoms with Crippen LogP contribution in [0.5, 0.6) is 5.75 Å². The Morgan fingerprint density at radius 2 is 2.00 bits per heavy atom. The van der Waals surface area contributed by atoms with Crippen LogP contribution in [0, 0.1) is 18.3 Å². The third-order valence-corrected chi connectivity index (χ3v) is 5.53. The fraction of sp³-hybridized carbons (Fsp3) is 0.304. The number of nitrogens with one attached hydrogen (secondary N) is 1. The van der Waals surface area contributed by atoms with Crippen LogP contribution in [-0.4, -0.2) is 26.1 Å². The van der Waals surface area contributed by atoms with Crippen LogP contribution in [0.1, 0.15) is 30.4 Å². The maximum absolute atomic E-state index is 12.6. The molecule has 1 fully saturated rings. The quantitative estimate of drug-likeness (QED) is 0.545. The molecule has 5 nitrogen and oxygen atoms in total. The molecule has 150 valence electrons. The van der Waals surface area contributed by atoms with E-state index in [0.717, 1.165) is 24.3 Å². The molecular weight excluding hydrogens is 386 g/mol. The van der Waals surface area contributed by atoms with E-state index in [0.29, 0.717) is 22.0 Å². The molecule has 1 aliphatic heterocycles.